The zero-order chi connectivity index (χ0) is 31.7. The molecule has 42 heavy (non-hydrogen) atoms. The molecule has 0 radical (unpaired) electrons. The third-order valence-electron chi connectivity index (χ3n) is 10.6. The Morgan fingerprint density at radius 3 is 2.21 bits per heavy atom. The molecular formula is C35H48O7. The fourth-order valence-corrected chi connectivity index (χ4v) is 8.42. The van der Waals surface area contributed by atoms with Crippen LogP contribution in [0.25, 0.3) is 5.76 Å². The van der Waals surface area contributed by atoms with Gasteiger partial charge in [0.1, 0.15) is 22.8 Å². The van der Waals surface area contributed by atoms with Crippen molar-refractivity contribution in [1.29, 1.82) is 0 Å². The first kappa shape index (κ1) is 32.0. The maximum absolute atomic E-state index is 14.5. The average molecular weight is 581 g/mol. The number of aliphatic hydroxyl groups is 3. The Bertz CT molecular complexity index is 1410. The van der Waals surface area contributed by atoms with Crippen LogP contribution in [0, 0.1) is 28.6 Å². The molecule has 1 saturated carbocycles. The molecule has 2 unspecified atom stereocenters. The molecule has 0 amide bonds. The lowest BCUT2D eigenvalue weighted by Gasteiger charge is -2.60. The molecule has 1 fully saturated rings. The molecule has 0 spiro atoms. The predicted octanol–water partition coefficient (Wildman–Crippen LogP) is 6.68. The number of rotatable bonds is 8. The third-order valence-corrected chi connectivity index (χ3v) is 10.6. The van der Waals surface area contributed by atoms with Gasteiger partial charge in [-0.1, -0.05) is 74.3 Å². The molecule has 230 valence electrons. The maximum Gasteiger partial charge on any atom is 0.203 e. The highest BCUT2D eigenvalue weighted by Gasteiger charge is 2.72. The number of phenolic OH excluding ortho intramolecular Hbond substituents is 1. The van der Waals surface area contributed by atoms with Crippen LogP contribution in [0.2, 0.25) is 0 Å². The highest BCUT2D eigenvalue weighted by Crippen LogP contribution is 2.65. The van der Waals surface area contributed by atoms with E-state index in [-0.39, 0.29) is 35.1 Å². The van der Waals surface area contributed by atoms with Crippen molar-refractivity contribution in [3.63, 3.8) is 0 Å². The van der Waals surface area contributed by atoms with E-state index in [1.807, 2.05) is 13.0 Å². The van der Waals surface area contributed by atoms with Gasteiger partial charge in [-0.25, -0.2) is 0 Å². The van der Waals surface area contributed by atoms with Crippen LogP contribution in [0.5, 0.6) is 5.75 Å². The minimum Gasteiger partial charge on any atom is -0.508 e. The number of Topliss-reactive ketones (excluding diaryl/α,β-unsaturated/α-hetero) is 3. The maximum atomic E-state index is 14.5. The van der Waals surface area contributed by atoms with Gasteiger partial charge in [0, 0.05) is 22.3 Å². The Labute approximate surface area is 249 Å². The van der Waals surface area contributed by atoms with Gasteiger partial charge in [-0.2, -0.15) is 0 Å². The molecule has 4 rings (SSSR count). The summed E-state index contributed by atoms with van der Waals surface area (Å²) in [6, 6.07) is 2.02. The lowest BCUT2D eigenvalue weighted by molar-refractivity contribution is -0.178. The Balaban J connectivity index is 1.99. The van der Waals surface area contributed by atoms with Gasteiger partial charge in [0.2, 0.25) is 5.78 Å². The first-order valence-electron chi connectivity index (χ1n) is 15.5. The summed E-state index contributed by atoms with van der Waals surface area (Å²) in [6.07, 6.45) is 3.94. The van der Waals surface area contributed by atoms with Crippen molar-refractivity contribution < 1.29 is 34.8 Å². The zero-order valence-corrected chi connectivity index (χ0v) is 26.6. The van der Waals surface area contributed by atoms with Crippen molar-refractivity contribution >= 4 is 23.1 Å². The molecule has 7 heteroatoms. The van der Waals surface area contributed by atoms with Crippen LogP contribution >= 0.6 is 0 Å². The Morgan fingerprint density at radius 2 is 1.69 bits per heavy atom. The van der Waals surface area contributed by atoms with Crippen LogP contribution in [-0.2, 0) is 27.2 Å². The summed E-state index contributed by atoms with van der Waals surface area (Å²) in [5.74, 6) is -4.29. The molecule has 5 atom stereocenters. The number of hydrogen-bond acceptors (Lipinski definition) is 7. The molecule has 0 saturated heterocycles. The normalized spacial score (nSPS) is 30.0. The molecular weight excluding hydrogens is 532 g/mol. The van der Waals surface area contributed by atoms with E-state index in [0.29, 0.717) is 24.3 Å². The number of ketones is 3. The summed E-state index contributed by atoms with van der Waals surface area (Å²) >= 11 is 0. The van der Waals surface area contributed by atoms with Crippen molar-refractivity contribution in [3.8, 4) is 5.75 Å². The largest absolute Gasteiger partial charge is 0.508 e. The number of allylic oxidation sites excluding steroid dienone is 1. The summed E-state index contributed by atoms with van der Waals surface area (Å²) in [5, 5.41) is 47.0. The number of hydrogen-bond donors (Lipinski definition) is 4. The molecule has 0 aromatic heterocycles. The van der Waals surface area contributed by atoms with Gasteiger partial charge in [0.15, 0.2) is 17.2 Å². The smallest absolute Gasteiger partial charge is 0.203 e. The average Bonchev–Trinajstić information content (AvgIpc) is 2.86. The lowest BCUT2D eigenvalue weighted by atomic mass is 9.43. The fourth-order valence-electron chi connectivity index (χ4n) is 8.42. The molecule has 0 bridgehead atoms. The summed E-state index contributed by atoms with van der Waals surface area (Å²) in [7, 11) is 0. The first-order valence-corrected chi connectivity index (χ1v) is 15.5. The van der Waals surface area contributed by atoms with Gasteiger partial charge in [0.25, 0.3) is 0 Å². The Kier molecular flexibility index (Phi) is 8.12. The highest BCUT2D eigenvalue weighted by molar-refractivity contribution is 6.24. The van der Waals surface area contributed by atoms with Crippen LogP contribution < -0.4 is 0 Å². The molecule has 3 aliphatic carbocycles. The van der Waals surface area contributed by atoms with Crippen LogP contribution in [-0.4, -0.2) is 43.4 Å². The van der Waals surface area contributed by atoms with Crippen LogP contribution in [0.15, 0.2) is 23.0 Å². The van der Waals surface area contributed by atoms with Crippen molar-refractivity contribution in [1.82, 2.24) is 0 Å². The van der Waals surface area contributed by atoms with Crippen molar-refractivity contribution in [2.24, 2.45) is 28.6 Å². The number of aliphatic hydroxyl groups excluding tert-OH is 2. The van der Waals surface area contributed by atoms with E-state index in [2.05, 4.69) is 27.7 Å². The van der Waals surface area contributed by atoms with Crippen LogP contribution in [0.4, 0.5) is 0 Å². The second-order valence-corrected chi connectivity index (χ2v) is 14.3. The number of fused-ring (bicyclic) bond motifs is 3. The SMILES string of the molecule is CCC(C)CCCc1cc(C(C)C)c2c(c1O)C(O)=C1C(=O)[C@@]3(O)C(O)=C(C(C)=O)C(=O)C(C(C)C)[C@@]3(C)C[C@@]1(C)C2. The Morgan fingerprint density at radius 1 is 1.07 bits per heavy atom. The van der Waals surface area contributed by atoms with E-state index < -0.39 is 56.8 Å². The number of aryl methyl sites for hydroxylation is 1. The van der Waals surface area contributed by atoms with E-state index in [1.165, 1.54) is 0 Å². The van der Waals surface area contributed by atoms with Gasteiger partial charge >= 0.3 is 0 Å². The molecule has 0 aliphatic heterocycles. The predicted molar refractivity (Wildman–Crippen MR) is 162 cm³/mol. The molecule has 1 aromatic rings. The number of carbonyl (C=O) groups excluding carboxylic acids is 3. The third kappa shape index (κ3) is 4.37. The van der Waals surface area contributed by atoms with Gasteiger partial charge in [-0.15, -0.1) is 0 Å². The number of phenols is 1. The molecule has 1 aromatic carbocycles. The van der Waals surface area contributed by atoms with E-state index >= 15 is 0 Å². The second kappa shape index (κ2) is 10.7. The van der Waals surface area contributed by atoms with Crippen molar-refractivity contribution in [2.75, 3.05) is 0 Å². The molecule has 7 nitrogen and oxygen atoms in total. The molecule has 0 heterocycles. The van der Waals surface area contributed by atoms with Crippen molar-refractivity contribution in [3.05, 3.63) is 45.2 Å². The summed E-state index contributed by atoms with van der Waals surface area (Å²) < 4.78 is 0. The second-order valence-electron chi connectivity index (χ2n) is 14.3. The number of aromatic hydroxyl groups is 1. The molecule has 4 N–H and O–H groups in total. The van der Waals surface area contributed by atoms with Crippen molar-refractivity contribution in [2.45, 2.75) is 112 Å². The lowest BCUT2D eigenvalue weighted by Crippen LogP contribution is -2.69. The van der Waals surface area contributed by atoms with E-state index in [1.54, 1.807) is 20.8 Å². The monoisotopic (exact) mass is 580 g/mol. The van der Waals surface area contributed by atoms with Gasteiger partial charge in [0.05, 0.1) is 5.56 Å². The molecule has 3 aliphatic rings. The first-order chi connectivity index (χ1) is 19.4. The topological polar surface area (TPSA) is 132 Å². The van der Waals surface area contributed by atoms with Gasteiger partial charge < -0.3 is 20.4 Å². The summed E-state index contributed by atoms with van der Waals surface area (Å²) in [4.78, 5) is 40.8. The number of carbonyl (C=O) groups is 3. The quantitative estimate of drug-likeness (QED) is 0.252. The summed E-state index contributed by atoms with van der Waals surface area (Å²) in [6.45, 7) is 16.7. The minimum absolute atomic E-state index is 0.0678. The zero-order valence-electron chi connectivity index (χ0n) is 26.6. The van der Waals surface area contributed by atoms with E-state index in [9.17, 15) is 34.8 Å². The minimum atomic E-state index is -2.60. The van der Waals surface area contributed by atoms with Gasteiger partial charge in [-0.3, -0.25) is 14.4 Å². The van der Waals surface area contributed by atoms with E-state index in [4.69, 9.17) is 0 Å². The number of benzene rings is 1. The standard InChI is InChI=1S/C35H48O7/c1-10-19(6)12-11-13-21-14-22(17(2)3)23-15-33(8)16-34(9)26(18(4)5)29(38)24(20(7)36)31(40)35(34,42)32(41)27(33)30(39)25(23)28(21)37/h14,17-19,26,37,39-40,42H,10-13,15-16H2,1-9H3/t19?,26?,33-,34-,35+/m1/s1. The van der Waals surface area contributed by atoms with Gasteiger partial charge in [-0.05, 0) is 67.1 Å². The Hall–Kier alpha value is -2.93. The summed E-state index contributed by atoms with van der Waals surface area (Å²) in [5.41, 5.74) is -3.06. The highest BCUT2D eigenvalue weighted by atomic mass is 16.3. The van der Waals surface area contributed by atoms with Crippen LogP contribution in [0.1, 0.15) is 116 Å². The van der Waals surface area contributed by atoms with Crippen LogP contribution in [0.3, 0.4) is 0 Å². The fraction of sp³-hybridized carbons (Fsp3) is 0.629. The van der Waals surface area contributed by atoms with E-state index in [0.717, 1.165) is 37.3 Å².